The maximum Gasteiger partial charge on any atom is 0.224 e. The zero-order valence-electron chi connectivity index (χ0n) is 8.62. The van der Waals surface area contributed by atoms with Crippen molar-refractivity contribution in [1.82, 2.24) is 19.7 Å². The molecule has 12 heavy (non-hydrogen) atoms. The van der Waals surface area contributed by atoms with Crippen LogP contribution in [0.4, 0.5) is 0 Å². The maximum atomic E-state index is 7.14. The Morgan fingerprint density at radius 3 is 3.08 bits per heavy atom. The number of rotatable bonds is 0. The summed E-state index contributed by atoms with van der Waals surface area (Å²) in [5.41, 5.74) is 0.522. The van der Waals surface area contributed by atoms with Crippen LogP contribution in [0.25, 0.3) is 11.0 Å². The third-order valence-electron chi connectivity index (χ3n) is 1.29. The predicted molar refractivity (Wildman–Crippen MR) is 46.3 cm³/mol. The molecule has 0 radical (unpaired) electrons. The Bertz CT molecular complexity index is 521. The highest BCUT2D eigenvalue weighted by molar-refractivity contribution is 6.35. The lowest BCUT2D eigenvalue weighted by molar-refractivity contribution is 0.779. The summed E-state index contributed by atoms with van der Waals surface area (Å²) in [5.74, 6) is 0. The van der Waals surface area contributed by atoms with E-state index in [0.717, 1.165) is 4.68 Å². The number of aryl methyl sites for hydroxylation is 1. The molecule has 0 aliphatic carbocycles. The van der Waals surface area contributed by atoms with E-state index < -0.39 is 6.98 Å². The molecule has 4 nitrogen and oxygen atoms in total. The highest BCUT2D eigenvalue weighted by atomic mass is 35.5. The van der Waals surface area contributed by atoms with Crippen molar-refractivity contribution in [1.29, 1.82) is 0 Å². The van der Waals surface area contributed by atoms with Gasteiger partial charge in [-0.1, -0.05) is 11.6 Å². The molecule has 62 valence electrons. The van der Waals surface area contributed by atoms with Crippen LogP contribution in [0, 0.1) is 0 Å². The van der Waals surface area contributed by atoms with Gasteiger partial charge in [0.2, 0.25) is 5.28 Å². The first kappa shape index (κ1) is 4.99. The van der Waals surface area contributed by atoms with E-state index in [4.69, 9.17) is 27.3 Å². The Hall–Kier alpha value is -0.870. The molecule has 0 saturated carbocycles. The van der Waals surface area contributed by atoms with E-state index in [0.29, 0.717) is 5.52 Å². The molecule has 2 heterocycles. The van der Waals surface area contributed by atoms with Gasteiger partial charge in [-0.05, 0) is 11.6 Å². The molecule has 0 aliphatic heterocycles. The molecule has 0 amide bonds. The largest absolute Gasteiger partial charge is 0.273 e. The second-order valence-electron chi connectivity index (χ2n) is 2.09. The van der Waals surface area contributed by atoms with Gasteiger partial charge in [0, 0.05) is 11.1 Å². The molecule has 0 aliphatic rings. The van der Waals surface area contributed by atoms with Crippen molar-refractivity contribution in [3.05, 3.63) is 16.6 Å². The number of aromatic nitrogens is 4. The summed E-state index contributed by atoms with van der Waals surface area (Å²) in [5, 5.41) is 3.75. The lowest BCUT2D eigenvalue weighted by Gasteiger charge is -1.90. The number of nitrogens with zero attached hydrogens (tertiary/aromatic N) is 4. The second kappa shape index (κ2) is 2.57. The molecule has 0 N–H and O–H groups in total. The van der Waals surface area contributed by atoms with Crippen LogP contribution in [0.3, 0.4) is 0 Å². The van der Waals surface area contributed by atoms with E-state index in [-0.39, 0.29) is 16.0 Å². The SMILES string of the molecule is [2H]C([2H])([2H])n1cc2nc(Cl)nc(Cl)c2n1. The number of halogens is 2. The molecular weight excluding hydrogens is 199 g/mol. The highest BCUT2D eigenvalue weighted by Crippen LogP contribution is 2.19. The van der Waals surface area contributed by atoms with E-state index in [1.54, 1.807) is 0 Å². The van der Waals surface area contributed by atoms with Crippen LogP contribution in [-0.2, 0) is 6.98 Å². The number of fused-ring (bicyclic) bond motifs is 1. The topological polar surface area (TPSA) is 43.6 Å². The van der Waals surface area contributed by atoms with Gasteiger partial charge in [-0.15, -0.1) is 0 Å². The first-order valence-electron chi connectivity index (χ1n) is 4.47. The van der Waals surface area contributed by atoms with E-state index in [9.17, 15) is 0 Å². The van der Waals surface area contributed by atoms with Crippen molar-refractivity contribution in [2.45, 2.75) is 0 Å². The molecule has 6 heteroatoms. The average molecular weight is 206 g/mol. The van der Waals surface area contributed by atoms with Crippen LogP contribution in [0.2, 0.25) is 10.4 Å². The summed E-state index contributed by atoms with van der Waals surface area (Å²) in [6, 6.07) is 0. The Morgan fingerprint density at radius 1 is 1.50 bits per heavy atom. The van der Waals surface area contributed by atoms with Crippen LogP contribution < -0.4 is 0 Å². The van der Waals surface area contributed by atoms with Crippen molar-refractivity contribution in [2.75, 3.05) is 0 Å². The Kier molecular flexibility index (Phi) is 1.07. The van der Waals surface area contributed by atoms with Gasteiger partial charge < -0.3 is 0 Å². The summed E-state index contributed by atoms with van der Waals surface area (Å²) in [4.78, 5) is 7.46. The minimum atomic E-state index is -2.36. The molecule has 2 aromatic rings. The predicted octanol–water partition coefficient (Wildman–Crippen LogP) is 1.67. The minimum Gasteiger partial charge on any atom is -0.273 e. The standard InChI is InChI=1S/C6H4Cl2N4/c1-12-2-3-4(11-12)5(7)10-6(8)9-3/h2H,1H3/i1D3. The van der Waals surface area contributed by atoms with E-state index in [1.165, 1.54) is 6.20 Å². The fraction of sp³-hybridized carbons (Fsp3) is 0.167. The lowest BCUT2D eigenvalue weighted by atomic mass is 10.5. The van der Waals surface area contributed by atoms with Crippen molar-refractivity contribution in [2.24, 2.45) is 6.98 Å². The van der Waals surface area contributed by atoms with Gasteiger partial charge in [0.1, 0.15) is 11.0 Å². The molecule has 0 fully saturated rings. The second-order valence-corrected chi connectivity index (χ2v) is 2.79. The number of hydrogen-bond acceptors (Lipinski definition) is 3. The monoisotopic (exact) mass is 205 g/mol. The first-order valence-corrected chi connectivity index (χ1v) is 3.72. The molecule has 0 spiro atoms. The van der Waals surface area contributed by atoms with Gasteiger partial charge in [-0.2, -0.15) is 5.10 Å². The van der Waals surface area contributed by atoms with Crippen LogP contribution in [0.1, 0.15) is 4.11 Å². The van der Waals surface area contributed by atoms with Crippen molar-refractivity contribution in [3.8, 4) is 0 Å². The zero-order chi connectivity index (χ0) is 11.2. The third-order valence-corrected chi connectivity index (χ3v) is 1.73. The molecule has 2 rings (SSSR count). The summed E-state index contributed by atoms with van der Waals surface area (Å²) in [6.45, 7) is -2.36. The zero-order valence-corrected chi connectivity index (χ0v) is 7.13. The fourth-order valence-electron chi connectivity index (χ4n) is 0.852. The Morgan fingerprint density at radius 2 is 2.33 bits per heavy atom. The first-order chi connectivity index (χ1) is 6.88. The van der Waals surface area contributed by atoms with E-state index in [1.807, 2.05) is 0 Å². The van der Waals surface area contributed by atoms with Gasteiger partial charge in [-0.25, -0.2) is 9.97 Å². The summed E-state index contributed by atoms with van der Waals surface area (Å²) >= 11 is 11.3. The van der Waals surface area contributed by atoms with Gasteiger partial charge in [0.15, 0.2) is 5.15 Å². The molecule has 0 saturated heterocycles. The minimum absolute atomic E-state index is 0.0352. The Balaban J connectivity index is 2.71. The molecule has 2 aromatic heterocycles. The quantitative estimate of drug-likeness (QED) is 0.486. The van der Waals surface area contributed by atoms with Gasteiger partial charge in [0.25, 0.3) is 0 Å². The molecule has 0 atom stereocenters. The third kappa shape index (κ3) is 1.13. The molecular formula is C6H4Cl2N4. The fourth-order valence-corrected chi connectivity index (χ4v) is 1.29. The summed E-state index contributed by atoms with van der Waals surface area (Å²) < 4.78 is 22.2. The van der Waals surface area contributed by atoms with Crippen LogP contribution in [-0.4, -0.2) is 19.7 Å². The normalized spacial score (nSPS) is 15.7. The molecule has 0 unspecified atom stereocenters. The average Bonchev–Trinajstić information content (AvgIpc) is 2.46. The van der Waals surface area contributed by atoms with Gasteiger partial charge in [0.05, 0.1) is 6.20 Å². The summed E-state index contributed by atoms with van der Waals surface area (Å²) in [7, 11) is 0. The molecule has 0 bridgehead atoms. The summed E-state index contributed by atoms with van der Waals surface area (Å²) in [6.07, 6.45) is 1.25. The van der Waals surface area contributed by atoms with Crippen molar-refractivity contribution in [3.63, 3.8) is 0 Å². The van der Waals surface area contributed by atoms with Crippen molar-refractivity contribution >= 4 is 34.2 Å². The van der Waals surface area contributed by atoms with Crippen LogP contribution >= 0.6 is 23.2 Å². The van der Waals surface area contributed by atoms with E-state index in [2.05, 4.69) is 15.1 Å². The van der Waals surface area contributed by atoms with Crippen LogP contribution in [0.5, 0.6) is 0 Å². The smallest absolute Gasteiger partial charge is 0.224 e. The Labute approximate surface area is 82.3 Å². The maximum absolute atomic E-state index is 7.14. The van der Waals surface area contributed by atoms with Gasteiger partial charge >= 0.3 is 0 Å². The highest BCUT2D eigenvalue weighted by Gasteiger charge is 2.07. The van der Waals surface area contributed by atoms with Crippen LogP contribution in [0.15, 0.2) is 6.20 Å². The number of hydrogen-bond donors (Lipinski definition) is 0. The van der Waals surface area contributed by atoms with Crippen molar-refractivity contribution < 1.29 is 4.11 Å². The lowest BCUT2D eigenvalue weighted by Crippen LogP contribution is -1.86. The molecule has 0 aromatic carbocycles. The van der Waals surface area contributed by atoms with E-state index >= 15 is 0 Å². The van der Waals surface area contributed by atoms with Gasteiger partial charge in [-0.3, -0.25) is 4.68 Å².